The fourth-order valence-corrected chi connectivity index (χ4v) is 2.81. The Morgan fingerprint density at radius 3 is 2.80 bits per heavy atom. The Hall–Kier alpha value is -3.04. The van der Waals surface area contributed by atoms with Crippen LogP contribution in [-0.4, -0.2) is 18.2 Å². The van der Waals surface area contributed by atoms with Crippen LogP contribution in [0.15, 0.2) is 58.3 Å². The quantitative estimate of drug-likeness (QED) is 0.622. The lowest BCUT2D eigenvalue weighted by molar-refractivity contribution is -0.133. The van der Waals surface area contributed by atoms with E-state index in [1.54, 1.807) is 0 Å². The van der Waals surface area contributed by atoms with Gasteiger partial charge in [-0.05, 0) is 53.8 Å². The van der Waals surface area contributed by atoms with Crippen molar-refractivity contribution < 1.29 is 18.8 Å². The second-order valence-corrected chi connectivity index (χ2v) is 6.03. The van der Waals surface area contributed by atoms with Crippen LogP contribution in [0.5, 0.6) is 11.6 Å². The number of para-hydroxylation sites is 1. The number of rotatable bonds is 4. The van der Waals surface area contributed by atoms with E-state index in [1.165, 1.54) is 7.11 Å². The van der Waals surface area contributed by atoms with Crippen LogP contribution in [-0.2, 0) is 16.0 Å². The molecule has 0 saturated heterocycles. The van der Waals surface area contributed by atoms with Crippen LogP contribution < -0.4 is 4.74 Å². The Bertz CT molecular complexity index is 897. The van der Waals surface area contributed by atoms with Crippen molar-refractivity contribution in [2.45, 2.75) is 19.3 Å². The first-order valence-electron chi connectivity index (χ1n) is 8.23. The zero-order valence-corrected chi connectivity index (χ0v) is 13.8. The van der Waals surface area contributed by atoms with E-state index in [-0.39, 0.29) is 5.88 Å². The summed E-state index contributed by atoms with van der Waals surface area (Å²) in [7, 11) is 1.36. The van der Waals surface area contributed by atoms with Gasteiger partial charge in [-0.2, -0.15) is 0 Å². The topological polar surface area (TPSA) is 61.6 Å². The van der Waals surface area contributed by atoms with Crippen molar-refractivity contribution in [1.82, 2.24) is 5.16 Å². The zero-order valence-electron chi connectivity index (χ0n) is 13.8. The van der Waals surface area contributed by atoms with Gasteiger partial charge in [0.2, 0.25) is 0 Å². The van der Waals surface area contributed by atoms with E-state index in [1.807, 2.05) is 42.5 Å². The maximum atomic E-state index is 12.4. The number of allylic oxidation sites excluding steroid dienone is 2. The Morgan fingerprint density at radius 1 is 1.28 bits per heavy atom. The number of hydrogen-bond donors (Lipinski definition) is 0. The van der Waals surface area contributed by atoms with Crippen molar-refractivity contribution in [1.29, 1.82) is 0 Å². The number of benzene rings is 1. The average Bonchev–Trinajstić information content (AvgIpc) is 3.39. The first-order chi connectivity index (χ1) is 12.3. The summed E-state index contributed by atoms with van der Waals surface area (Å²) in [5.41, 5.74) is 5.23. The molecule has 2 aromatic rings. The largest absolute Gasteiger partial charge is 0.465 e. The summed E-state index contributed by atoms with van der Waals surface area (Å²) >= 11 is 0. The maximum Gasteiger partial charge on any atom is 0.338 e. The van der Waals surface area contributed by atoms with Crippen LogP contribution in [0, 0.1) is 5.92 Å². The highest BCUT2D eigenvalue weighted by molar-refractivity contribution is 6.18. The third-order valence-electron chi connectivity index (χ3n) is 4.24. The molecule has 2 aliphatic rings. The van der Waals surface area contributed by atoms with Gasteiger partial charge in [0, 0.05) is 6.42 Å². The van der Waals surface area contributed by atoms with E-state index < -0.39 is 5.97 Å². The van der Waals surface area contributed by atoms with Gasteiger partial charge >= 0.3 is 5.97 Å². The van der Waals surface area contributed by atoms with Crippen molar-refractivity contribution in [2.75, 3.05) is 7.11 Å². The minimum Gasteiger partial charge on any atom is -0.465 e. The molecule has 1 heterocycles. The summed E-state index contributed by atoms with van der Waals surface area (Å²) in [4.78, 5) is 12.4. The van der Waals surface area contributed by atoms with Gasteiger partial charge in [0.1, 0.15) is 5.75 Å². The number of esters is 1. The lowest BCUT2D eigenvalue weighted by Gasteiger charge is -2.10. The van der Waals surface area contributed by atoms with Gasteiger partial charge in [-0.1, -0.05) is 18.2 Å². The normalized spacial score (nSPS) is 16.2. The molecule has 5 nitrogen and oxygen atoms in total. The zero-order chi connectivity index (χ0) is 17.2. The van der Waals surface area contributed by atoms with E-state index in [0.29, 0.717) is 35.0 Å². The van der Waals surface area contributed by atoms with Gasteiger partial charge in [0.25, 0.3) is 5.88 Å². The fraction of sp³-hybridized carbons (Fsp3) is 0.250. The molecule has 2 aliphatic carbocycles. The maximum absolute atomic E-state index is 12.4. The van der Waals surface area contributed by atoms with Gasteiger partial charge in [-0.25, -0.2) is 4.79 Å². The second kappa shape index (κ2) is 6.46. The molecule has 0 radical (unpaired) electrons. The Kier molecular flexibility index (Phi) is 4.00. The van der Waals surface area contributed by atoms with Gasteiger partial charge in [-0.15, -0.1) is 5.73 Å². The Labute approximate surface area is 145 Å². The highest BCUT2D eigenvalue weighted by Crippen LogP contribution is 2.41. The molecule has 1 saturated carbocycles. The lowest BCUT2D eigenvalue weighted by Crippen LogP contribution is -2.07. The van der Waals surface area contributed by atoms with E-state index in [9.17, 15) is 4.79 Å². The summed E-state index contributed by atoms with van der Waals surface area (Å²) in [5.74, 6) is 1.46. The number of hydrogen-bond acceptors (Lipinski definition) is 5. The molecule has 0 amide bonds. The monoisotopic (exact) mass is 335 g/mol. The highest BCUT2D eigenvalue weighted by atomic mass is 16.5. The van der Waals surface area contributed by atoms with Gasteiger partial charge < -0.3 is 14.0 Å². The smallest absolute Gasteiger partial charge is 0.338 e. The highest BCUT2D eigenvalue weighted by Gasteiger charge is 2.31. The minimum absolute atomic E-state index is 0.267. The molecule has 0 bridgehead atoms. The van der Waals surface area contributed by atoms with Crippen molar-refractivity contribution in [3.8, 4) is 11.6 Å². The summed E-state index contributed by atoms with van der Waals surface area (Å²) in [6.45, 7) is 0. The van der Waals surface area contributed by atoms with E-state index >= 15 is 0 Å². The molecule has 4 rings (SSSR count). The number of aromatic nitrogens is 1. The molecule has 5 heteroatoms. The molecule has 0 unspecified atom stereocenters. The number of carbonyl (C=O) groups excluding carboxylic acids is 1. The van der Waals surface area contributed by atoms with E-state index in [0.717, 1.165) is 18.4 Å². The van der Waals surface area contributed by atoms with Crippen LogP contribution >= 0.6 is 0 Å². The molecule has 0 atom stereocenters. The summed E-state index contributed by atoms with van der Waals surface area (Å²) in [6, 6.07) is 9.28. The second-order valence-electron chi connectivity index (χ2n) is 6.03. The molecular weight excluding hydrogens is 318 g/mol. The first-order valence-corrected chi connectivity index (χ1v) is 8.23. The molecule has 0 spiro atoms. The molecule has 25 heavy (non-hydrogen) atoms. The van der Waals surface area contributed by atoms with Crippen LogP contribution in [0.25, 0.3) is 5.57 Å². The fourth-order valence-electron chi connectivity index (χ4n) is 2.81. The molecule has 126 valence electrons. The summed E-state index contributed by atoms with van der Waals surface area (Å²) in [6.07, 6.45) is 6.46. The van der Waals surface area contributed by atoms with E-state index in [4.69, 9.17) is 14.0 Å². The molecule has 1 aromatic carbocycles. The number of ether oxygens (including phenoxy) is 2. The van der Waals surface area contributed by atoms with Gasteiger partial charge in [-0.3, -0.25) is 0 Å². The third-order valence-corrected chi connectivity index (χ3v) is 4.24. The minimum atomic E-state index is -0.441. The number of carbonyl (C=O) groups is 1. The molecule has 0 N–H and O–H groups in total. The number of nitrogens with zero attached hydrogens (tertiary/aromatic N) is 1. The number of fused-ring (bicyclic) bond motifs is 1. The van der Waals surface area contributed by atoms with Crippen molar-refractivity contribution in [3.63, 3.8) is 0 Å². The molecular formula is C20H17NO4. The van der Waals surface area contributed by atoms with Gasteiger partial charge in [0.15, 0.2) is 5.76 Å². The molecule has 0 aliphatic heterocycles. The Balaban J connectivity index is 1.80. The molecule has 1 fully saturated rings. The van der Waals surface area contributed by atoms with Crippen LogP contribution in [0.1, 0.15) is 24.2 Å². The third kappa shape index (κ3) is 3.14. The predicted octanol–water partition coefficient (Wildman–Crippen LogP) is 4.07. The first kappa shape index (κ1) is 15.5. The van der Waals surface area contributed by atoms with Crippen molar-refractivity contribution >= 4 is 11.5 Å². The predicted molar refractivity (Wildman–Crippen MR) is 91.0 cm³/mol. The van der Waals surface area contributed by atoms with Crippen molar-refractivity contribution in [3.05, 3.63) is 65.1 Å². The number of methoxy groups -OCH3 is 1. The van der Waals surface area contributed by atoms with Crippen molar-refractivity contribution in [2.24, 2.45) is 5.92 Å². The summed E-state index contributed by atoms with van der Waals surface area (Å²) in [5, 5.41) is 4.03. The van der Waals surface area contributed by atoms with Crippen LogP contribution in [0.4, 0.5) is 0 Å². The average molecular weight is 335 g/mol. The van der Waals surface area contributed by atoms with Crippen LogP contribution in [0.2, 0.25) is 0 Å². The standard InChI is InChI=1S/C20H17NO4/c1-23-20(22)16-12-14(13-10-11-13)6-5-9-17-18(16)19(21-25-17)24-15-7-3-2-4-8-15/h2-5,7-8,12-13H,9-11H2,1H3. The molecule has 1 aromatic heterocycles. The van der Waals surface area contributed by atoms with E-state index in [2.05, 4.69) is 10.9 Å². The SMILES string of the molecule is COC(=O)C1=CC(C2CC2)=C=CCc2onc(Oc3ccccc3)c21. The Morgan fingerprint density at radius 2 is 2.08 bits per heavy atom. The van der Waals surface area contributed by atoms with Crippen LogP contribution in [0.3, 0.4) is 0 Å². The summed E-state index contributed by atoms with van der Waals surface area (Å²) < 4.78 is 16.3. The van der Waals surface area contributed by atoms with Gasteiger partial charge in [0.05, 0.1) is 18.2 Å². The lowest BCUT2D eigenvalue weighted by atomic mass is 9.98.